The van der Waals surface area contributed by atoms with E-state index in [1.165, 1.54) is 5.56 Å². The van der Waals surface area contributed by atoms with Gasteiger partial charge in [0.25, 0.3) is 0 Å². The fraction of sp³-hybridized carbons (Fsp3) is 0.357. The number of aldehydes is 1. The molecule has 0 bridgehead atoms. The number of aromatic nitrogens is 3. The first-order valence-corrected chi connectivity index (χ1v) is 6.26. The Morgan fingerprint density at radius 1 is 1.28 bits per heavy atom. The highest BCUT2D eigenvalue weighted by atomic mass is 16.1. The molecule has 94 valence electrons. The van der Waals surface area contributed by atoms with Crippen molar-refractivity contribution in [2.45, 2.75) is 32.7 Å². The first kappa shape index (κ1) is 12.5. The van der Waals surface area contributed by atoms with Gasteiger partial charge in [0.2, 0.25) is 0 Å². The van der Waals surface area contributed by atoms with Crippen molar-refractivity contribution >= 4 is 6.29 Å². The van der Waals surface area contributed by atoms with Crippen LogP contribution < -0.4 is 0 Å². The Kier molecular flexibility index (Phi) is 4.23. The van der Waals surface area contributed by atoms with E-state index in [1.54, 1.807) is 0 Å². The summed E-state index contributed by atoms with van der Waals surface area (Å²) in [6, 6.07) is 10.4. The molecule has 0 aliphatic carbocycles. The molecule has 0 saturated carbocycles. The fourth-order valence-electron chi connectivity index (χ4n) is 2.06. The molecule has 2 aromatic rings. The molecule has 2 rings (SSSR count). The highest BCUT2D eigenvalue weighted by molar-refractivity contribution is 5.73. The molecule has 0 spiro atoms. The number of carbonyl (C=O) groups excluding carboxylic acids is 1. The van der Waals surface area contributed by atoms with Crippen LogP contribution in [0.25, 0.3) is 0 Å². The van der Waals surface area contributed by atoms with Crippen LogP contribution >= 0.6 is 0 Å². The second-order valence-corrected chi connectivity index (χ2v) is 4.21. The normalized spacial score (nSPS) is 10.5. The Morgan fingerprint density at radius 2 is 2.06 bits per heavy atom. The molecule has 1 aromatic heterocycles. The van der Waals surface area contributed by atoms with Gasteiger partial charge in [0.05, 0.1) is 5.69 Å². The van der Waals surface area contributed by atoms with Crippen LogP contribution in [-0.2, 0) is 19.4 Å². The third-order valence-corrected chi connectivity index (χ3v) is 2.99. The number of aryl methyl sites for hydroxylation is 2. The molecule has 0 fully saturated rings. The van der Waals surface area contributed by atoms with Crippen molar-refractivity contribution in [3.8, 4) is 0 Å². The minimum absolute atomic E-state index is 0.470. The van der Waals surface area contributed by atoms with Gasteiger partial charge in [-0.05, 0) is 24.8 Å². The summed E-state index contributed by atoms with van der Waals surface area (Å²) in [4.78, 5) is 10.8. The maximum Gasteiger partial charge on any atom is 0.172 e. The molecule has 4 heteroatoms. The summed E-state index contributed by atoms with van der Waals surface area (Å²) < 4.78 is 1.84. The van der Waals surface area contributed by atoms with Gasteiger partial charge in [0.1, 0.15) is 5.69 Å². The molecule has 4 nitrogen and oxygen atoms in total. The second-order valence-electron chi connectivity index (χ2n) is 4.21. The van der Waals surface area contributed by atoms with Gasteiger partial charge in [-0.2, -0.15) is 0 Å². The van der Waals surface area contributed by atoms with Crippen molar-refractivity contribution in [2.75, 3.05) is 0 Å². The average Bonchev–Trinajstić information content (AvgIpc) is 2.82. The molecule has 0 unspecified atom stereocenters. The van der Waals surface area contributed by atoms with Crippen LogP contribution in [0.2, 0.25) is 0 Å². The zero-order valence-electron chi connectivity index (χ0n) is 10.5. The molecule has 0 atom stereocenters. The van der Waals surface area contributed by atoms with Gasteiger partial charge in [-0.1, -0.05) is 42.5 Å². The maximum atomic E-state index is 10.8. The van der Waals surface area contributed by atoms with E-state index in [0.717, 1.165) is 37.8 Å². The van der Waals surface area contributed by atoms with E-state index in [9.17, 15) is 4.79 Å². The SMILES string of the molecule is CCc1c(C=O)nnn1CCCc1ccccc1. The van der Waals surface area contributed by atoms with Gasteiger partial charge in [-0.3, -0.25) is 4.79 Å². The Labute approximate surface area is 107 Å². The highest BCUT2D eigenvalue weighted by Gasteiger charge is 2.09. The number of carbonyl (C=O) groups is 1. The van der Waals surface area contributed by atoms with Crippen molar-refractivity contribution in [3.05, 3.63) is 47.3 Å². The molecule has 0 radical (unpaired) electrons. The van der Waals surface area contributed by atoms with Crippen LogP contribution in [-0.4, -0.2) is 21.3 Å². The molecule has 0 N–H and O–H groups in total. The minimum Gasteiger partial charge on any atom is -0.296 e. The van der Waals surface area contributed by atoms with Crippen LogP contribution in [0, 0.1) is 0 Å². The Balaban J connectivity index is 1.94. The third kappa shape index (κ3) is 2.83. The first-order chi connectivity index (χ1) is 8.85. The molecule has 0 saturated heterocycles. The van der Waals surface area contributed by atoms with Gasteiger partial charge in [0.15, 0.2) is 6.29 Å². The number of hydrogen-bond donors (Lipinski definition) is 0. The van der Waals surface area contributed by atoms with Crippen LogP contribution in [0.5, 0.6) is 0 Å². The van der Waals surface area contributed by atoms with E-state index >= 15 is 0 Å². The van der Waals surface area contributed by atoms with E-state index in [-0.39, 0.29) is 0 Å². The van der Waals surface area contributed by atoms with Crippen molar-refractivity contribution in [1.82, 2.24) is 15.0 Å². The predicted molar refractivity (Wildman–Crippen MR) is 69.6 cm³/mol. The topological polar surface area (TPSA) is 47.8 Å². The average molecular weight is 243 g/mol. The van der Waals surface area contributed by atoms with Gasteiger partial charge in [-0.15, -0.1) is 5.10 Å². The standard InChI is InChI=1S/C14H17N3O/c1-2-14-13(11-18)15-16-17(14)10-6-9-12-7-4-3-5-8-12/h3-5,7-8,11H,2,6,9-10H2,1H3. The molecule has 0 aliphatic heterocycles. The molecule has 1 heterocycles. The Hall–Kier alpha value is -1.97. The zero-order chi connectivity index (χ0) is 12.8. The molecular weight excluding hydrogens is 226 g/mol. The van der Waals surface area contributed by atoms with Crippen LogP contribution in [0.15, 0.2) is 30.3 Å². The van der Waals surface area contributed by atoms with Gasteiger partial charge < -0.3 is 0 Å². The highest BCUT2D eigenvalue weighted by Crippen LogP contribution is 2.07. The van der Waals surface area contributed by atoms with Crippen molar-refractivity contribution < 1.29 is 4.79 Å². The van der Waals surface area contributed by atoms with Crippen LogP contribution in [0.3, 0.4) is 0 Å². The van der Waals surface area contributed by atoms with Crippen molar-refractivity contribution in [3.63, 3.8) is 0 Å². The summed E-state index contributed by atoms with van der Waals surface area (Å²) in [6.07, 6.45) is 3.57. The first-order valence-electron chi connectivity index (χ1n) is 6.26. The molecule has 18 heavy (non-hydrogen) atoms. The third-order valence-electron chi connectivity index (χ3n) is 2.99. The van der Waals surface area contributed by atoms with E-state index in [2.05, 4.69) is 22.4 Å². The smallest absolute Gasteiger partial charge is 0.172 e. The van der Waals surface area contributed by atoms with Gasteiger partial charge in [0, 0.05) is 6.54 Å². The summed E-state index contributed by atoms with van der Waals surface area (Å²) in [7, 11) is 0. The largest absolute Gasteiger partial charge is 0.296 e. The predicted octanol–water partition coefficient (Wildman–Crippen LogP) is 2.29. The number of nitrogens with zero attached hydrogens (tertiary/aromatic N) is 3. The summed E-state index contributed by atoms with van der Waals surface area (Å²) in [6.45, 7) is 2.82. The van der Waals surface area contributed by atoms with Gasteiger partial charge in [-0.25, -0.2) is 4.68 Å². The molecule has 0 aliphatic rings. The van der Waals surface area contributed by atoms with E-state index < -0.39 is 0 Å². The maximum absolute atomic E-state index is 10.8. The lowest BCUT2D eigenvalue weighted by Gasteiger charge is -2.05. The van der Waals surface area contributed by atoms with E-state index in [4.69, 9.17) is 0 Å². The lowest BCUT2D eigenvalue weighted by atomic mass is 10.1. The van der Waals surface area contributed by atoms with Crippen LogP contribution in [0.4, 0.5) is 0 Å². The molecule has 0 amide bonds. The Bertz CT molecular complexity index is 505. The van der Waals surface area contributed by atoms with E-state index in [1.807, 2.05) is 29.8 Å². The number of benzene rings is 1. The monoisotopic (exact) mass is 243 g/mol. The summed E-state index contributed by atoms with van der Waals surface area (Å²) in [5, 5.41) is 7.90. The Morgan fingerprint density at radius 3 is 2.72 bits per heavy atom. The van der Waals surface area contributed by atoms with E-state index in [0.29, 0.717) is 5.69 Å². The second kappa shape index (κ2) is 6.10. The molecular formula is C14H17N3O. The quantitative estimate of drug-likeness (QED) is 0.731. The van der Waals surface area contributed by atoms with Crippen molar-refractivity contribution in [2.24, 2.45) is 0 Å². The summed E-state index contributed by atoms with van der Waals surface area (Å²) in [5.74, 6) is 0. The lowest BCUT2D eigenvalue weighted by Crippen LogP contribution is -2.06. The minimum atomic E-state index is 0.470. The van der Waals surface area contributed by atoms with Gasteiger partial charge >= 0.3 is 0 Å². The zero-order valence-corrected chi connectivity index (χ0v) is 10.5. The lowest BCUT2D eigenvalue weighted by molar-refractivity contribution is 0.111. The number of rotatable bonds is 6. The summed E-state index contributed by atoms with van der Waals surface area (Å²) in [5.41, 5.74) is 2.72. The van der Waals surface area contributed by atoms with Crippen molar-refractivity contribution in [1.29, 1.82) is 0 Å². The summed E-state index contributed by atoms with van der Waals surface area (Å²) >= 11 is 0. The molecule has 1 aromatic carbocycles. The number of hydrogen-bond acceptors (Lipinski definition) is 3. The van der Waals surface area contributed by atoms with Crippen LogP contribution in [0.1, 0.15) is 35.1 Å². The fourth-order valence-corrected chi connectivity index (χ4v) is 2.06.